The zero-order valence-corrected chi connectivity index (χ0v) is 12.0. The van der Waals surface area contributed by atoms with Gasteiger partial charge >= 0.3 is 0 Å². The van der Waals surface area contributed by atoms with E-state index in [0.717, 1.165) is 5.56 Å². The van der Waals surface area contributed by atoms with Gasteiger partial charge in [-0.15, -0.1) is 0 Å². The molecular formula is C15H15ClN2O2. The first kappa shape index (κ1) is 14.2. The van der Waals surface area contributed by atoms with E-state index in [2.05, 4.69) is 5.32 Å². The van der Waals surface area contributed by atoms with Gasteiger partial charge in [0.05, 0.1) is 29.1 Å². The molecule has 2 rings (SSSR count). The van der Waals surface area contributed by atoms with Gasteiger partial charge in [-0.05, 0) is 30.7 Å². The Morgan fingerprint density at radius 3 is 2.75 bits per heavy atom. The van der Waals surface area contributed by atoms with Crippen molar-refractivity contribution in [2.75, 3.05) is 18.2 Å². The Morgan fingerprint density at radius 2 is 2.05 bits per heavy atom. The van der Waals surface area contributed by atoms with Crippen molar-refractivity contribution in [3.63, 3.8) is 0 Å². The zero-order valence-electron chi connectivity index (χ0n) is 11.2. The molecule has 0 spiro atoms. The van der Waals surface area contributed by atoms with Gasteiger partial charge in [0.25, 0.3) is 5.91 Å². The molecular weight excluding hydrogens is 276 g/mol. The molecule has 0 fully saturated rings. The van der Waals surface area contributed by atoms with E-state index >= 15 is 0 Å². The molecule has 0 unspecified atom stereocenters. The van der Waals surface area contributed by atoms with Gasteiger partial charge in [0.1, 0.15) is 5.75 Å². The van der Waals surface area contributed by atoms with E-state index in [9.17, 15) is 4.79 Å². The Morgan fingerprint density at radius 1 is 1.30 bits per heavy atom. The quantitative estimate of drug-likeness (QED) is 0.851. The van der Waals surface area contributed by atoms with Crippen molar-refractivity contribution in [1.29, 1.82) is 0 Å². The second-order valence-electron chi connectivity index (χ2n) is 4.34. The highest BCUT2D eigenvalue weighted by Crippen LogP contribution is 2.26. The molecule has 0 atom stereocenters. The first-order chi connectivity index (χ1) is 9.52. The third-order valence-corrected chi connectivity index (χ3v) is 3.45. The lowest BCUT2D eigenvalue weighted by atomic mass is 10.1. The average Bonchev–Trinajstić information content (AvgIpc) is 2.44. The lowest BCUT2D eigenvalue weighted by molar-refractivity contribution is 0.102. The van der Waals surface area contributed by atoms with Gasteiger partial charge in [-0.25, -0.2) is 0 Å². The Bertz CT molecular complexity index is 656. The van der Waals surface area contributed by atoms with Crippen LogP contribution in [0.5, 0.6) is 5.75 Å². The number of aryl methyl sites for hydroxylation is 1. The van der Waals surface area contributed by atoms with Crippen LogP contribution in [0.4, 0.5) is 11.4 Å². The van der Waals surface area contributed by atoms with E-state index < -0.39 is 0 Å². The number of nitrogens with one attached hydrogen (secondary N) is 1. The van der Waals surface area contributed by atoms with E-state index in [1.165, 1.54) is 0 Å². The molecule has 0 heterocycles. The second kappa shape index (κ2) is 5.84. The number of carbonyl (C=O) groups is 1. The Labute approximate surface area is 122 Å². The van der Waals surface area contributed by atoms with Crippen LogP contribution in [-0.2, 0) is 0 Å². The maximum atomic E-state index is 12.2. The molecule has 0 bridgehead atoms. The lowest BCUT2D eigenvalue weighted by Gasteiger charge is -2.11. The van der Waals surface area contributed by atoms with Crippen LogP contribution in [0, 0.1) is 6.92 Å². The molecule has 4 nitrogen and oxygen atoms in total. The maximum absolute atomic E-state index is 12.2. The van der Waals surface area contributed by atoms with Crippen molar-refractivity contribution in [2.45, 2.75) is 6.92 Å². The van der Waals surface area contributed by atoms with Gasteiger partial charge in [0, 0.05) is 6.07 Å². The molecule has 0 saturated heterocycles. The number of hydrogen-bond acceptors (Lipinski definition) is 3. The SMILES string of the molecule is COc1ccc(N)c(NC(=O)c2cccc(C)c2Cl)c1. The molecule has 0 aromatic heterocycles. The molecule has 20 heavy (non-hydrogen) atoms. The number of halogens is 1. The summed E-state index contributed by atoms with van der Waals surface area (Å²) in [5.74, 6) is 0.309. The standard InChI is InChI=1S/C15H15ClN2O2/c1-9-4-3-5-11(14(9)16)15(19)18-13-8-10(20-2)6-7-12(13)17/h3-8H,17H2,1-2H3,(H,18,19). The van der Waals surface area contributed by atoms with E-state index in [1.54, 1.807) is 37.4 Å². The summed E-state index contributed by atoms with van der Waals surface area (Å²) in [6.07, 6.45) is 0. The number of hydrogen-bond donors (Lipinski definition) is 2. The van der Waals surface area contributed by atoms with Gasteiger partial charge in [-0.1, -0.05) is 23.7 Å². The van der Waals surface area contributed by atoms with Gasteiger partial charge in [0.2, 0.25) is 0 Å². The number of amides is 1. The first-order valence-electron chi connectivity index (χ1n) is 6.03. The van der Waals surface area contributed by atoms with Crippen LogP contribution in [0.2, 0.25) is 5.02 Å². The lowest BCUT2D eigenvalue weighted by Crippen LogP contribution is -2.14. The van der Waals surface area contributed by atoms with Crippen molar-refractivity contribution < 1.29 is 9.53 Å². The second-order valence-corrected chi connectivity index (χ2v) is 4.72. The number of methoxy groups -OCH3 is 1. The number of ether oxygens (including phenoxy) is 1. The monoisotopic (exact) mass is 290 g/mol. The summed E-state index contributed by atoms with van der Waals surface area (Å²) in [6.45, 7) is 1.85. The average molecular weight is 291 g/mol. The predicted octanol–water partition coefficient (Wildman–Crippen LogP) is 3.49. The van der Waals surface area contributed by atoms with E-state index in [4.69, 9.17) is 22.1 Å². The molecule has 3 N–H and O–H groups in total. The topological polar surface area (TPSA) is 64.3 Å². The van der Waals surface area contributed by atoms with Crippen LogP contribution >= 0.6 is 11.6 Å². The van der Waals surface area contributed by atoms with Gasteiger partial charge in [0.15, 0.2) is 0 Å². The third kappa shape index (κ3) is 2.86. The fraction of sp³-hybridized carbons (Fsp3) is 0.133. The fourth-order valence-electron chi connectivity index (χ4n) is 1.78. The van der Waals surface area contributed by atoms with E-state index in [-0.39, 0.29) is 5.91 Å². The van der Waals surface area contributed by atoms with Gasteiger partial charge < -0.3 is 15.8 Å². The maximum Gasteiger partial charge on any atom is 0.257 e. The molecule has 2 aromatic carbocycles. The van der Waals surface area contributed by atoms with Crippen LogP contribution in [0.3, 0.4) is 0 Å². The molecule has 0 radical (unpaired) electrons. The number of nitrogens with two attached hydrogens (primary N) is 1. The number of rotatable bonds is 3. The molecule has 0 saturated carbocycles. The molecule has 0 aliphatic rings. The summed E-state index contributed by atoms with van der Waals surface area (Å²) < 4.78 is 5.11. The Kier molecular flexibility index (Phi) is 4.15. The molecule has 5 heteroatoms. The Balaban J connectivity index is 2.30. The molecule has 1 amide bonds. The third-order valence-electron chi connectivity index (χ3n) is 2.95. The molecule has 2 aromatic rings. The number of anilines is 2. The van der Waals surface area contributed by atoms with Crippen LogP contribution in [0.25, 0.3) is 0 Å². The largest absolute Gasteiger partial charge is 0.497 e. The molecule has 0 aliphatic carbocycles. The minimum absolute atomic E-state index is 0.307. The number of benzene rings is 2. The van der Waals surface area contributed by atoms with Crippen molar-refractivity contribution in [3.05, 3.63) is 52.5 Å². The summed E-state index contributed by atoms with van der Waals surface area (Å²) in [5.41, 5.74) is 8.05. The molecule has 0 aliphatic heterocycles. The smallest absolute Gasteiger partial charge is 0.257 e. The van der Waals surface area contributed by atoms with Gasteiger partial charge in [-0.3, -0.25) is 4.79 Å². The summed E-state index contributed by atoms with van der Waals surface area (Å²) in [4.78, 5) is 12.2. The predicted molar refractivity (Wildman–Crippen MR) is 81.5 cm³/mol. The molecule has 104 valence electrons. The first-order valence-corrected chi connectivity index (χ1v) is 6.40. The van der Waals surface area contributed by atoms with Crippen LogP contribution in [0.1, 0.15) is 15.9 Å². The summed E-state index contributed by atoms with van der Waals surface area (Å²) in [7, 11) is 1.55. The highest BCUT2D eigenvalue weighted by Gasteiger charge is 2.13. The fourth-order valence-corrected chi connectivity index (χ4v) is 1.99. The van der Waals surface area contributed by atoms with Crippen LogP contribution in [0.15, 0.2) is 36.4 Å². The van der Waals surface area contributed by atoms with E-state index in [0.29, 0.717) is 27.7 Å². The number of carbonyl (C=O) groups excluding carboxylic acids is 1. The summed E-state index contributed by atoms with van der Waals surface area (Å²) in [5, 5.41) is 3.18. The van der Waals surface area contributed by atoms with Crippen molar-refractivity contribution >= 4 is 28.9 Å². The minimum Gasteiger partial charge on any atom is -0.497 e. The highest BCUT2D eigenvalue weighted by molar-refractivity contribution is 6.35. The highest BCUT2D eigenvalue weighted by atomic mass is 35.5. The zero-order chi connectivity index (χ0) is 14.7. The van der Waals surface area contributed by atoms with Gasteiger partial charge in [-0.2, -0.15) is 0 Å². The van der Waals surface area contributed by atoms with Crippen LogP contribution in [-0.4, -0.2) is 13.0 Å². The van der Waals surface area contributed by atoms with Crippen molar-refractivity contribution in [1.82, 2.24) is 0 Å². The van der Waals surface area contributed by atoms with Crippen molar-refractivity contribution in [3.8, 4) is 5.75 Å². The normalized spacial score (nSPS) is 10.2. The summed E-state index contributed by atoms with van der Waals surface area (Å²) >= 11 is 6.14. The number of nitrogen functional groups attached to an aromatic ring is 1. The van der Waals surface area contributed by atoms with Crippen LogP contribution < -0.4 is 15.8 Å². The van der Waals surface area contributed by atoms with E-state index in [1.807, 2.05) is 13.0 Å². The van der Waals surface area contributed by atoms with Crippen molar-refractivity contribution in [2.24, 2.45) is 0 Å². The summed E-state index contributed by atoms with van der Waals surface area (Å²) in [6, 6.07) is 10.4. The minimum atomic E-state index is -0.307. The Hall–Kier alpha value is -2.20.